The zero-order chi connectivity index (χ0) is 12.2. The van der Waals surface area contributed by atoms with E-state index >= 15 is 0 Å². The summed E-state index contributed by atoms with van der Waals surface area (Å²) >= 11 is 1.52. The standard InChI is InChI=1S/C13H10N4S/c1-2-4-11(5-3-1)15-13-17-16-12(18-13)10-6-8-14-9-7-10/h1-9H,(H,15,17). The van der Waals surface area contributed by atoms with Gasteiger partial charge in [0.05, 0.1) is 0 Å². The van der Waals surface area contributed by atoms with Crippen molar-refractivity contribution in [1.82, 2.24) is 15.2 Å². The Morgan fingerprint density at radius 1 is 0.889 bits per heavy atom. The Hall–Kier alpha value is -2.27. The van der Waals surface area contributed by atoms with Gasteiger partial charge >= 0.3 is 0 Å². The zero-order valence-corrected chi connectivity index (χ0v) is 10.3. The molecule has 2 heterocycles. The SMILES string of the molecule is c1ccc(Nc2nnc(-c3ccncc3)s2)cc1. The first-order chi connectivity index (χ1) is 8.92. The average Bonchev–Trinajstić information content (AvgIpc) is 2.89. The predicted molar refractivity (Wildman–Crippen MR) is 72.9 cm³/mol. The van der Waals surface area contributed by atoms with Gasteiger partial charge in [0.15, 0.2) is 0 Å². The number of nitrogens with one attached hydrogen (secondary N) is 1. The molecular formula is C13H10N4S. The van der Waals surface area contributed by atoms with Crippen molar-refractivity contribution in [3.63, 3.8) is 0 Å². The van der Waals surface area contributed by atoms with Crippen LogP contribution in [0.2, 0.25) is 0 Å². The summed E-state index contributed by atoms with van der Waals surface area (Å²) in [6.45, 7) is 0. The van der Waals surface area contributed by atoms with Gasteiger partial charge in [-0.15, -0.1) is 10.2 Å². The highest BCUT2D eigenvalue weighted by atomic mass is 32.1. The van der Waals surface area contributed by atoms with Crippen molar-refractivity contribution in [2.24, 2.45) is 0 Å². The lowest BCUT2D eigenvalue weighted by Crippen LogP contribution is -1.87. The van der Waals surface area contributed by atoms with Gasteiger partial charge < -0.3 is 5.32 Å². The molecular weight excluding hydrogens is 244 g/mol. The van der Waals surface area contributed by atoms with E-state index in [0.717, 1.165) is 21.4 Å². The number of aromatic nitrogens is 3. The average molecular weight is 254 g/mol. The van der Waals surface area contributed by atoms with E-state index in [1.807, 2.05) is 42.5 Å². The highest BCUT2D eigenvalue weighted by Gasteiger charge is 2.05. The van der Waals surface area contributed by atoms with Gasteiger partial charge in [0, 0.05) is 23.6 Å². The van der Waals surface area contributed by atoms with Crippen LogP contribution in [0, 0.1) is 0 Å². The fourth-order valence-corrected chi connectivity index (χ4v) is 2.30. The second-order valence-corrected chi connectivity index (χ2v) is 4.62. The largest absolute Gasteiger partial charge is 0.330 e. The van der Waals surface area contributed by atoms with Gasteiger partial charge in [-0.2, -0.15) is 0 Å². The van der Waals surface area contributed by atoms with E-state index in [1.54, 1.807) is 12.4 Å². The minimum absolute atomic E-state index is 0.785. The number of anilines is 2. The highest BCUT2D eigenvalue weighted by Crippen LogP contribution is 2.27. The molecule has 3 aromatic rings. The third-order valence-corrected chi connectivity index (χ3v) is 3.27. The molecule has 1 N–H and O–H groups in total. The second kappa shape index (κ2) is 4.93. The summed E-state index contributed by atoms with van der Waals surface area (Å²) in [5, 5.41) is 13.2. The fourth-order valence-electron chi connectivity index (χ4n) is 1.53. The summed E-state index contributed by atoms with van der Waals surface area (Å²) in [6, 6.07) is 13.8. The van der Waals surface area contributed by atoms with Gasteiger partial charge in [0.2, 0.25) is 5.13 Å². The van der Waals surface area contributed by atoms with Crippen LogP contribution in [0.25, 0.3) is 10.6 Å². The summed E-state index contributed by atoms with van der Waals surface area (Å²) in [4.78, 5) is 3.99. The molecule has 0 saturated heterocycles. The summed E-state index contributed by atoms with van der Waals surface area (Å²) in [5.74, 6) is 0. The quantitative estimate of drug-likeness (QED) is 0.778. The molecule has 0 aliphatic carbocycles. The van der Waals surface area contributed by atoms with Gasteiger partial charge in [-0.05, 0) is 24.3 Å². The molecule has 0 saturated carbocycles. The van der Waals surface area contributed by atoms with Gasteiger partial charge in [-0.25, -0.2) is 0 Å². The molecule has 0 fully saturated rings. The Morgan fingerprint density at radius 2 is 1.67 bits per heavy atom. The van der Waals surface area contributed by atoms with E-state index < -0.39 is 0 Å². The van der Waals surface area contributed by atoms with Gasteiger partial charge in [0.25, 0.3) is 0 Å². The minimum Gasteiger partial charge on any atom is -0.330 e. The van der Waals surface area contributed by atoms with Crippen LogP contribution in [0.3, 0.4) is 0 Å². The van der Waals surface area contributed by atoms with E-state index in [2.05, 4.69) is 20.5 Å². The molecule has 0 radical (unpaired) electrons. The molecule has 4 nitrogen and oxygen atoms in total. The summed E-state index contributed by atoms with van der Waals surface area (Å²) < 4.78 is 0. The fraction of sp³-hybridized carbons (Fsp3) is 0. The van der Waals surface area contributed by atoms with Crippen molar-refractivity contribution >= 4 is 22.2 Å². The molecule has 1 aromatic carbocycles. The highest BCUT2D eigenvalue weighted by molar-refractivity contribution is 7.18. The number of para-hydroxylation sites is 1. The number of hydrogen-bond acceptors (Lipinski definition) is 5. The maximum absolute atomic E-state index is 4.16. The number of pyridine rings is 1. The van der Waals surface area contributed by atoms with Crippen LogP contribution in [-0.2, 0) is 0 Å². The van der Waals surface area contributed by atoms with Gasteiger partial charge in [-0.3, -0.25) is 4.98 Å². The molecule has 0 amide bonds. The molecule has 0 bridgehead atoms. The normalized spacial score (nSPS) is 10.2. The maximum atomic E-state index is 4.16. The summed E-state index contributed by atoms with van der Waals surface area (Å²) in [6.07, 6.45) is 3.50. The molecule has 0 spiro atoms. The summed E-state index contributed by atoms with van der Waals surface area (Å²) in [7, 11) is 0. The van der Waals surface area contributed by atoms with E-state index in [4.69, 9.17) is 0 Å². The Kier molecular flexibility index (Phi) is 2.97. The first-order valence-corrected chi connectivity index (χ1v) is 6.29. The van der Waals surface area contributed by atoms with Crippen molar-refractivity contribution in [1.29, 1.82) is 0 Å². The lowest BCUT2D eigenvalue weighted by atomic mass is 10.3. The Bertz CT molecular complexity index is 622. The van der Waals surface area contributed by atoms with E-state index in [-0.39, 0.29) is 0 Å². The van der Waals surface area contributed by atoms with E-state index in [1.165, 1.54) is 11.3 Å². The summed E-state index contributed by atoms with van der Waals surface area (Å²) in [5.41, 5.74) is 2.04. The number of nitrogens with zero attached hydrogens (tertiary/aromatic N) is 3. The van der Waals surface area contributed by atoms with Crippen molar-refractivity contribution in [2.75, 3.05) is 5.32 Å². The molecule has 0 atom stereocenters. The topological polar surface area (TPSA) is 50.7 Å². The number of rotatable bonds is 3. The first kappa shape index (κ1) is 10.9. The molecule has 88 valence electrons. The minimum atomic E-state index is 0.785. The molecule has 5 heteroatoms. The molecule has 3 rings (SSSR count). The van der Waals surface area contributed by atoms with Crippen LogP contribution in [0.1, 0.15) is 0 Å². The van der Waals surface area contributed by atoms with Crippen LogP contribution < -0.4 is 5.32 Å². The van der Waals surface area contributed by atoms with Crippen LogP contribution in [0.15, 0.2) is 54.9 Å². The first-order valence-electron chi connectivity index (χ1n) is 5.48. The Morgan fingerprint density at radius 3 is 2.44 bits per heavy atom. The lowest BCUT2D eigenvalue weighted by molar-refractivity contribution is 1.10. The molecule has 2 aromatic heterocycles. The third-order valence-electron chi connectivity index (χ3n) is 2.38. The molecule has 0 aliphatic rings. The lowest BCUT2D eigenvalue weighted by Gasteiger charge is -1.99. The van der Waals surface area contributed by atoms with Gasteiger partial charge in [-0.1, -0.05) is 29.5 Å². The number of benzene rings is 1. The van der Waals surface area contributed by atoms with Crippen molar-refractivity contribution in [3.05, 3.63) is 54.9 Å². The van der Waals surface area contributed by atoms with Crippen LogP contribution in [-0.4, -0.2) is 15.2 Å². The monoisotopic (exact) mass is 254 g/mol. The van der Waals surface area contributed by atoms with Gasteiger partial charge in [0.1, 0.15) is 5.01 Å². The number of hydrogen-bond donors (Lipinski definition) is 1. The van der Waals surface area contributed by atoms with Crippen molar-refractivity contribution in [2.45, 2.75) is 0 Å². The van der Waals surface area contributed by atoms with Crippen molar-refractivity contribution in [3.8, 4) is 10.6 Å². The molecule has 18 heavy (non-hydrogen) atoms. The maximum Gasteiger partial charge on any atom is 0.210 e. The predicted octanol–water partition coefficient (Wildman–Crippen LogP) is 3.34. The van der Waals surface area contributed by atoms with Crippen LogP contribution in [0.4, 0.5) is 10.8 Å². The Balaban J connectivity index is 1.82. The smallest absolute Gasteiger partial charge is 0.210 e. The zero-order valence-electron chi connectivity index (χ0n) is 9.45. The van der Waals surface area contributed by atoms with E-state index in [9.17, 15) is 0 Å². The third kappa shape index (κ3) is 2.36. The second-order valence-electron chi connectivity index (χ2n) is 3.64. The molecule has 0 aliphatic heterocycles. The van der Waals surface area contributed by atoms with Crippen LogP contribution in [0.5, 0.6) is 0 Å². The van der Waals surface area contributed by atoms with Crippen molar-refractivity contribution < 1.29 is 0 Å². The van der Waals surface area contributed by atoms with E-state index in [0.29, 0.717) is 0 Å². The Labute approximate surface area is 108 Å². The molecule has 0 unspecified atom stereocenters. The van der Waals surface area contributed by atoms with Crippen LogP contribution >= 0.6 is 11.3 Å².